The first-order valence-corrected chi connectivity index (χ1v) is 7.50. The van der Waals surface area contributed by atoms with Crippen LogP contribution in [0.1, 0.15) is 0 Å². The van der Waals surface area contributed by atoms with Crippen LogP contribution in [0, 0.1) is 3.57 Å². The van der Waals surface area contributed by atoms with Gasteiger partial charge >= 0.3 is 0 Å². The Kier molecular flexibility index (Phi) is 4.17. The molecule has 0 fully saturated rings. The van der Waals surface area contributed by atoms with E-state index in [9.17, 15) is 0 Å². The van der Waals surface area contributed by atoms with Gasteiger partial charge in [0.25, 0.3) is 0 Å². The summed E-state index contributed by atoms with van der Waals surface area (Å²) < 4.78 is 4.22. The number of benzene rings is 1. The van der Waals surface area contributed by atoms with Crippen LogP contribution in [-0.2, 0) is 7.05 Å². The maximum absolute atomic E-state index is 4.61. The summed E-state index contributed by atoms with van der Waals surface area (Å²) in [6.45, 7) is 0.846. The minimum atomic E-state index is 0.846. The van der Waals surface area contributed by atoms with E-state index in [1.54, 1.807) is 0 Å². The van der Waals surface area contributed by atoms with Crippen molar-refractivity contribution < 1.29 is 0 Å². The maximum atomic E-state index is 4.61. The van der Waals surface area contributed by atoms with Gasteiger partial charge in [-0.1, -0.05) is 22.6 Å². The van der Waals surface area contributed by atoms with Crippen LogP contribution in [0.15, 0.2) is 29.5 Å². The van der Waals surface area contributed by atoms with Crippen molar-refractivity contribution in [1.82, 2.24) is 9.55 Å². The van der Waals surface area contributed by atoms with Crippen LogP contribution in [0.4, 0.5) is 0 Å². The van der Waals surface area contributed by atoms with E-state index in [2.05, 4.69) is 67.3 Å². The fourth-order valence-electron chi connectivity index (χ4n) is 1.54. The summed E-state index contributed by atoms with van der Waals surface area (Å²) in [4.78, 5) is 8.99. The van der Waals surface area contributed by atoms with Gasteiger partial charge in [-0.2, -0.15) is 0 Å². The molecule has 0 aliphatic rings. The zero-order chi connectivity index (χ0) is 11.5. The molecular weight excluding hydrogens is 428 g/mol. The van der Waals surface area contributed by atoms with Gasteiger partial charge in [0.2, 0.25) is 0 Å². The minimum absolute atomic E-state index is 0.846. The van der Waals surface area contributed by atoms with Gasteiger partial charge in [-0.05, 0) is 40.8 Å². The highest BCUT2D eigenvalue weighted by Crippen LogP contribution is 2.11. The lowest BCUT2D eigenvalue weighted by molar-refractivity contribution is 0.803. The van der Waals surface area contributed by atoms with Crippen molar-refractivity contribution in [2.24, 2.45) is 12.0 Å². The molecule has 3 nitrogen and oxygen atoms in total. The first-order chi connectivity index (χ1) is 7.72. The average molecular weight is 439 g/mol. The van der Waals surface area contributed by atoms with Crippen LogP contribution in [0.3, 0.4) is 0 Å². The van der Waals surface area contributed by atoms with E-state index in [0.29, 0.717) is 0 Å². The molecule has 1 aromatic heterocycles. The summed E-state index contributed by atoms with van der Waals surface area (Å²) in [5.74, 6) is 0. The van der Waals surface area contributed by atoms with Crippen molar-refractivity contribution in [2.45, 2.75) is 0 Å². The molecule has 0 amide bonds. The first-order valence-electron chi connectivity index (χ1n) is 4.89. The summed E-state index contributed by atoms with van der Waals surface area (Å²) in [5, 5.41) is 1.13. The Balaban J connectivity index is 2.77. The molecule has 2 aromatic rings. The predicted octanol–water partition coefficient (Wildman–Crippen LogP) is 2.51. The van der Waals surface area contributed by atoms with Gasteiger partial charge < -0.3 is 4.57 Å². The van der Waals surface area contributed by atoms with Gasteiger partial charge in [0.15, 0.2) is 0 Å². The highest BCUT2D eigenvalue weighted by Gasteiger charge is 2.00. The molecule has 0 bridgehead atoms. The van der Waals surface area contributed by atoms with Gasteiger partial charge in [0.05, 0.1) is 18.4 Å². The summed E-state index contributed by atoms with van der Waals surface area (Å²) in [5.41, 5.74) is 2.02. The summed E-state index contributed by atoms with van der Waals surface area (Å²) in [7, 11) is 1.98. The molecule has 0 atom stereocenters. The number of halogens is 2. The molecule has 0 radical (unpaired) electrons. The zero-order valence-corrected chi connectivity index (χ0v) is 13.1. The van der Waals surface area contributed by atoms with Crippen LogP contribution in [-0.4, -0.2) is 20.5 Å². The third-order valence-corrected chi connectivity index (χ3v) is 3.40. The lowest BCUT2D eigenvalue weighted by atomic mass is 10.2. The van der Waals surface area contributed by atoms with Crippen molar-refractivity contribution >= 4 is 56.1 Å². The first kappa shape index (κ1) is 12.3. The van der Waals surface area contributed by atoms with Gasteiger partial charge in [0.1, 0.15) is 5.49 Å². The lowest BCUT2D eigenvalue weighted by Crippen LogP contribution is -2.20. The van der Waals surface area contributed by atoms with Crippen molar-refractivity contribution in [2.75, 3.05) is 11.0 Å². The number of hydrogen-bond acceptors (Lipinski definition) is 2. The quantitative estimate of drug-likeness (QED) is 0.523. The molecule has 0 spiro atoms. The van der Waals surface area contributed by atoms with E-state index >= 15 is 0 Å². The van der Waals surface area contributed by atoms with E-state index in [1.807, 2.05) is 24.0 Å². The molecule has 0 saturated carbocycles. The fourth-order valence-corrected chi connectivity index (χ4v) is 2.27. The number of aromatic nitrogens is 2. The molecule has 0 N–H and O–H groups in total. The second-order valence-corrected chi connectivity index (χ2v) is 5.74. The molecule has 0 aliphatic carbocycles. The highest BCUT2D eigenvalue weighted by atomic mass is 127. The molecule has 1 heterocycles. The van der Waals surface area contributed by atoms with Crippen molar-refractivity contribution in [1.29, 1.82) is 0 Å². The minimum Gasteiger partial charge on any atom is -0.320 e. The molecule has 1 aromatic carbocycles. The number of fused-ring (bicyclic) bond motifs is 1. The Morgan fingerprint density at radius 2 is 2.25 bits per heavy atom. The van der Waals surface area contributed by atoms with E-state index in [0.717, 1.165) is 27.4 Å². The maximum Gasteiger partial charge on any atom is 0.138 e. The Bertz CT molecular complexity index is 570. The van der Waals surface area contributed by atoms with Gasteiger partial charge in [-0.15, -0.1) is 0 Å². The molecule has 84 valence electrons. The Morgan fingerprint density at radius 1 is 1.44 bits per heavy atom. The monoisotopic (exact) mass is 439 g/mol. The molecule has 0 unspecified atom stereocenters. The molecule has 16 heavy (non-hydrogen) atoms. The van der Waals surface area contributed by atoms with Crippen LogP contribution in [0.5, 0.6) is 0 Å². The normalized spacial score (nSPS) is 12.3. The number of alkyl halides is 1. The van der Waals surface area contributed by atoms with Crippen LogP contribution in [0.2, 0.25) is 0 Å². The summed E-state index contributed by atoms with van der Waals surface area (Å²) in [6, 6.07) is 6.24. The Morgan fingerprint density at radius 3 is 3.00 bits per heavy atom. The van der Waals surface area contributed by atoms with Crippen LogP contribution < -0.4 is 5.49 Å². The summed E-state index contributed by atoms with van der Waals surface area (Å²) >= 11 is 4.65. The van der Waals surface area contributed by atoms with Crippen LogP contribution in [0.25, 0.3) is 10.9 Å². The summed E-state index contributed by atoms with van der Waals surface area (Å²) in [6.07, 6.45) is 1.82. The number of rotatable bonds is 2. The molecule has 0 aliphatic heterocycles. The van der Waals surface area contributed by atoms with E-state index in [-0.39, 0.29) is 0 Å². The molecule has 0 saturated heterocycles. The van der Waals surface area contributed by atoms with Crippen molar-refractivity contribution in [3.05, 3.63) is 33.6 Å². The van der Waals surface area contributed by atoms with Gasteiger partial charge in [-0.3, -0.25) is 4.99 Å². The zero-order valence-electron chi connectivity index (χ0n) is 8.82. The largest absolute Gasteiger partial charge is 0.320 e. The number of hydrogen-bond donors (Lipinski definition) is 0. The van der Waals surface area contributed by atoms with E-state index < -0.39 is 0 Å². The number of nitrogens with zero attached hydrogens (tertiary/aromatic N) is 3. The lowest BCUT2D eigenvalue weighted by Gasteiger charge is -2.04. The third kappa shape index (κ3) is 2.55. The van der Waals surface area contributed by atoms with Crippen molar-refractivity contribution in [3.8, 4) is 0 Å². The molecule has 5 heteroatoms. The molecular formula is C11H11I2N3. The van der Waals surface area contributed by atoms with E-state index in [4.69, 9.17) is 0 Å². The number of aryl methyl sites for hydroxylation is 1. The Labute approximate surface area is 121 Å². The highest BCUT2D eigenvalue weighted by molar-refractivity contribution is 14.1. The SMILES string of the molecule is Cn1cnc2ccc(I)cc2c1=NCCI. The smallest absolute Gasteiger partial charge is 0.138 e. The van der Waals surface area contributed by atoms with Crippen molar-refractivity contribution in [3.63, 3.8) is 0 Å². The predicted molar refractivity (Wildman–Crippen MR) is 82.7 cm³/mol. The van der Waals surface area contributed by atoms with E-state index in [1.165, 1.54) is 3.57 Å². The van der Waals surface area contributed by atoms with Gasteiger partial charge in [0, 0.05) is 20.4 Å². The Hall–Kier alpha value is -0.180. The standard InChI is InChI=1S/C11H11I2N3/c1-16-7-15-10-3-2-8(13)6-9(10)11(16)14-5-4-12/h2-3,6-7H,4-5H2,1H3. The molecule has 2 rings (SSSR count). The topological polar surface area (TPSA) is 30.2 Å². The van der Waals surface area contributed by atoms with Crippen LogP contribution >= 0.6 is 45.2 Å². The average Bonchev–Trinajstić information content (AvgIpc) is 2.28. The third-order valence-electron chi connectivity index (χ3n) is 2.25. The fraction of sp³-hybridized carbons (Fsp3) is 0.273. The second-order valence-electron chi connectivity index (χ2n) is 3.41. The second kappa shape index (κ2) is 5.44. The van der Waals surface area contributed by atoms with Gasteiger partial charge in [-0.25, -0.2) is 4.98 Å².